The molecule has 2 aromatic rings. The molecule has 174 valence electrons. The van der Waals surface area contributed by atoms with Crippen LogP contribution in [0.2, 0.25) is 0 Å². The van der Waals surface area contributed by atoms with Crippen LogP contribution in [0.3, 0.4) is 0 Å². The first-order valence-electron chi connectivity index (χ1n) is 11.7. The third kappa shape index (κ3) is 4.88. The number of carbonyl (C=O) groups is 2. The van der Waals surface area contributed by atoms with Crippen molar-refractivity contribution in [3.8, 4) is 0 Å². The number of aromatic nitrogens is 2. The van der Waals surface area contributed by atoms with E-state index in [2.05, 4.69) is 6.92 Å². The first-order chi connectivity index (χ1) is 15.5. The maximum absolute atomic E-state index is 13.5. The summed E-state index contributed by atoms with van der Waals surface area (Å²) in [6, 6.07) is 0. The predicted octanol–water partition coefficient (Wildman–Crippen LogP) is 3.34. The van der Waals surface area contributed by atoms with E-state index >= 15 is 0 Å². The SMILES string of the molecule is CCCCCCn1c(SCC(=O)N2CCCC(C(N)=O)C2)nc2sc3c(c2c1=O)CCC3. The molecule has 0 saturated carbocycles. The fraction of sp³-hybridized carbons (Fsp3) is 0.652. The number of unbranched alkanes of at least 4 members (excludes halogenated alkanes) is 3. The summed E-state index contributed by atoms with van der Waals surface area (Å²) in [5, 5.41) is 1.43. The number of carbonyl (C=O) groups excluding carboxylic acids is 2. The molecule has 0 bridgehead atoms. The standard InChI is InChI=1S/C23H32N4O3S2/c1-2-3-4-5-12-27-22(30)19-16-9-6-10-17(16)32-21(19)25-23(27)31-14-18(28)26-11-7-8-15(13-26)20(24)29/h15H,2-14H2,1H3,(H2,24,29). The minimum Gasteiger partial charge on any atom is -0.369 e. The lowest BCUT2D eigenvalue weighted by Gasteiger charge is -2.31. The second kappa shape index (κ2) is 10.4. The highest BCUT2D eigenvalue weighted by atomic mass is 32.2. The Hall–Kier alpha value is -1.87. The lowest BCUT2D eigenvalue weighted by atomic mass is 9.97. The quantitative estimate of drug-likeness (QED) is 0.340. The number of thioether (sulfide) groups is 1. The van der Waals surface area contributed by atoms with Crippen LogP contribution in [0.15, 0.2) is 9.95 Å². The van der Waals surface area contributed by atoms with Gasteiger partial charge in [-0.05, 0) is 44.1 Å². The highest BCUT2D eigenvalue weighted by Crippen LogP contribution is 2.35. The van der Waals surface area contributed by atoms with Crippen molar-refractivity contribution in [2.24, 2.45) is 11.7 Å². The summed E-state index contributed by atoms with van der Waals surface area (Å²) in [5.74, 6) is -0.420. The second-order valence-corrected chi connectivity index (χ2v) is 10.8. The number of aryl methyl sites for hydroxylation is 2. The summed E-state index contributed by atoms with van der Waals surface area (Å²) >= 11 is 2.98. The monoisotopic (exact) mass is 476 g/mol. The molecule has 32 heavy (non-hydrogen) atoms. The van der Waals surface area contributed by atoms with E-state index in [-0.39, 0.29) is 29.0 Å². The van der Waals surface area contributed by atoms with Gasteiger partial charge in [-0.25, -0.2) is 4.98 Å². The summed E-state index contributed by atoms with van der Waals surface area (Å²) in [4.78, 5) is 46.6. The molecule has 1 aliphatic heterocycles. The van der Waals surface area contributed by atoms with Crippen molar-refractivity contribution in [1.82, 2.24) is 14.5 Å². The molecule has 0 radical (unpaired) electrons. The van der Waals surface area contributed by atoms with Crippen molar-refractivity contribution in [3.63, 3.8) is 0 Å². The molecule has 1 saturated heterocycles. The largest absolute Gasteiger partial charge is 0.369 e. The molecule has 1 aliphatic carbocycles. The first-order valence-corrected chi connectivity index (χ1v) is 13.5. The van der Waals surface area contributed by atoms with Gasteiger partial charge in [-0.1, -0.05) is 37.9 Å². The average Bonchev–Trinajstić information content (AvgIpc) is 3.37. The van der Waals surface area contributed by atoms with Crippen molar-refractivity contribution in [3.05, 3.63) is 20.8 Å². The van der Waals surface area contributed by atoms with Gasteiger partial charge in [0.25, 0.3) is 5.56 Å². The van der Waals surface area contributed by atoms with Gasteiger partial charge in [0.05, 0.1) is 17.1 Å². The average molecular weight is 477 g/mol. The second-order valence-electron chi connectivity index (χ2n) is 8.82. The molecule has 2 aliphatic rings. The maximum Gasteiger partial charge on any atom is 0.263 e. The summed E-state index contributed by atoms with van der Waals surface area (Å²) in [7, 11) is 0. The fourth-order valence-corrected chi connectivity index (χ4v) is 6.95. The number of hydrogen-bond acceptors (Lipinski definition) is 6. The Labute approximate surface area is 196 Å². The number of nitrogens with two attached hydrogens (primary N) is 1. The highest BCUT2D eigenvalue weighted by molar-refractivity contribution is 7.99. The van der Waals surface area contributed by atoms with Crippen LogP contribution >= 0.6 is 23.1 Å². The normalized spacial score (nSPS) is 18.3. The number of thiophene rings is 1. The lowest BCUT2D eigenvalue weighted by Crippen LogP contribution is -2.44. The zero-order valence-electron chi connectivity index (χ0n) is 18.7. The molecule has 4 rings (SSSR count). The van der Waals surface area contributed by atoms with Crippen LogP contribution in [0.5, 0.6) is 0 Å². The van der Waals surface area contributed by atoms with Crippen LogP contribution in [0.4, 0.5) is 0 Å². The van der Waals surface area contributed by atoms with Gasteiger partial charge in [-0.15, -0.1) is 11.3 Å². The molecular formula is C23H32N4O3S2. The molecular weight excluding hydrogens is 444 g/mol. The Morgan fingerprint density at radius 3 is 2.84 bits per heavy atom. The van der Waals surface area contributed by atoms with Gasteiger partial charge in [-0.2, -0.15) is 0 Å². The molecule has 1 fully saturated rings. The van der Waals surface area contributed by atoms with E-state index in [0.717, 1.165) is 68.0 Å². The smallest absolute Gasteiger partial charge is 0.263 e. The Bertz CT molecular complexity index is 1060. The number of rotatable bonds is 9. The van der Waals surface area contributed by atoms with Gasteiger partial charge in [-0.3, -0.25) is 19.0 Å². The summed E-state index contributed by atoms with van der Waals surface area (Å²) < 4.78 is 1.80. The van der Waals surface area contributed by atoms with E-state index in [0.29, 0.717) is 24.8 Å². The number of amides is 2. The number of likely N-dealkylation sites (tertiary alicyclic amines) is 1. The van der Waals surface area contributed by atoms with E-state index in [1.807, 2.05) is 0 Å². The van der Waals surface area contributed by atoms with Gasteiger partial charge >= 0.3 is 0 Å². The van der Waals surface area contributed by atoms with Gasteiger partial charge < -0.3 is 10.6 Å². The third-order valence-corrected chi connectivity index (χ3v) is 8.67. The van der Waals surface area contributed by atoms with Gasteiger partial charge in [0.1, 0.15) is 4.83 Å². The fourth-order valence-electron chi connectivity index (χ4n) is 4.72. The van der Waals surface area contributed by atoms with Crippen molar-refractivity contribution >= 4 is 45.1 Å². The number of primary amides is 1. The molecule has 9 heteroatoms. The number of piperidine rings is 1. The summed E-state index contributed by atoms with van der Waals surface area (Å²) in [6.07, 6.45) is 8.93. The summed E-state index contributed by atoms with van der Waals surface area (Å²) in [5.41, 5.74) is 6.70. The van der Waals surface area contributed by atoms with E-state index in [4.69, 9.17) is 10.7 Å². The molecule has 7 nitrogen and oxygen atoms in total. The van der Waals surface area contributed by atoms with Crippen LogP contribution in [0.1, 0.15) is 62.3 Å². The molecule has 2 amide bonds. The molecule has 2 aromatic heterocycles. The molecule has 0 aromatic carbocycles. The first kappa shape index (κ1) is 23.3. The van der Waals surface area contributed by atoms with Crippen LogP contribution in [-0.2, 0) is 29.0 Å². The summed E-state index contributed by atoms with van der Waals surface area (Å²) in [6.45, 7) is 3.85. The van der Waals surface area contributed by atoms with Gasteiger partial charge in [0.15, 0.2) is 5.16 Å². The van der Waals surface area contributed by atoms with E-state index in [1.165, 1.54) is 22.2 Å². The van der Waals surface area contributed by atoms with Crippen LogP contribution in [0, 0.1) is 5.92 Å². The van der Waals surface area contributed by atoms with Gasteiger partial charge in [0, 0.05) is 24.5 Å². The van der Waals surface area contributed by atoms with Crippen LogP contribution in [0.25, 0.3) is 10.2 Å². The van der Waals surface area contributed by atoms with Crippen molar-refractivity contribution in [2.75, 3.05) is 18.8 Å². The highest BCUT2D eigenvalue weighted by Gasteiger charge is 2.28. The maximum atomic E-state index is 13.5. The Morgan fingerprint density at radius 2 is 2.06 bits per heavy atom. The molecule has 2 N–H and O–H groups in total. The zero-order chi connectivity index (χ0) is 22.7. The van der Waals surface area contributed by atoms with Crippen molar-refractivity contribution in [2.45, 2.75) is 76.4 Å². The lowest BCUT2D eigenvalue weighted by molar-refractivity contribution is -0.132. The third-order valence-electron chi connectivity index (χ3n) is 6.53. The van der Waals surface area contributed by atoms with Crippen LogP contribution in [-0.4, -0.2) is 45.1 Å². The van der Waals surface area contributed by atoms with Gasteiger partial charge in [0.2, 0.25) is 11.8 Å². The molecule has 1 atom stereocenters. The van der Waals surface area contributed by atoms with Crippen molar-refractivity contribution < 1.29 is 9.59 Å². The minimum atomic E-state index is -0.339. The van der Waals surface area contributed by atoms with Crippen LogP contribution < -0.4 is 11.3 Å². The Morgan fingerprint density at radius 1 is 1.22 bits per heavy atom. The Kier molecular flexibility index (Phi) is 7.55. The van der Waals surface area contributed by atoms with E-state index in [1.54, 1.807) is 20.8 Å². The zero-order valence-corrected chi connectivity index (χ0v) is 20.4. The molecule has 3 heterocycles. The minimum absolute atomic E-state index is 0.0264. The molecule has 0 spiro atoms. The molecule has 1 unspecified atom stereocenters. The number of fused-ring (bicyclic) bond motifs is 3. The van der Waals surface area contributed by atoms with Crippen molar-refractivity contribution in [1.29, 1.82) is 0 Å². The van der Waals surface area contributed by atoms with E-state index in [9.17, 15) is 14.4 Å². The number of nitrogens with zero attached hydrogens (tertiary/aromatic N) is 3. The van der Waals surface area contributed by atoms with E-state index < -0.39 is 0 Å². The topological polar surface area (TPSA) is 98.3 Å². The number of hydrogen-bond donors (Lipinski definition) is 1. The Balaban J connectivity index is 1.54. The predicted molar refractivity (Wildman–Crippen MR) is 129 cm³/mol.